The third kappa shape index (κ3) is 6.08. The Hall–Kier alpha value is -0.610. The zero-order valence-electron chi connectivity index (χ0n) is 11.1. The second-order valence-electron chi connectivity index (χ2n) is 4.83. The minimum Gasteiger partial charge on any atom is -0.372 e. The maximum atomic E-state index is 11.8. The summed E-state index contributed by atoms with van der Waals surface area (Å²) in [7, 11) is 0. The standard InChI is InChI=1S/C12H26N2O2/c1-5-7-16-8-11(15)14(6-2)10-12(3,4)9-13/h5-10,13H2,1-4H3. The van der Waals surface area contributed by atoms with Crippen LogP contribution in [0.4, 0.5) is 0 Å². The first kappa shape index (κ1) is 15.4. The van der Waals surface area contributed by atoms with Crippen LogP contribution in [0.1, 0.15) is 34.1 Å². The lowest BCUT2D eigenvalue weighted by atomic mass is 9.93. The molecule has 2 N–H and O–H groups in total. The molecule has 0 aliphatic heterocycles. The van der Waals surface area contributed by atoms with E-state index in [1.165, 1.54) is 0 Å². The summed E-state index contributed by atoms with van der Waals surface area (Å²) in [5, 5.41) is 0. The normalized spacial score (nSPS) is 11.6. The first-order chi connectivity index (χ1) is 7.46. The molecule has 1 amide bonds. The molecule has 0 bridgehead atoms. The quantitative estimate of drug-likeness (QED) is 0.638. The van der Waals surface area contributed by atoms with Crippen LogP contribution in [0.3, 0.4) is 0 Å². The second-order valence-corrected chi connectivity index (χ2v) is 4.83. The number of ether oxygens (including phenoxy) is 1. The molecule has 0 atom stereocenters. The summed E-state index contributed by atoms with van der Waals surface area (Å²) in [6, 6.07) is 0. The number of hydrogen-bond acceptors (Lipinski definition) is 3. The highest BCUT2D eigenvalue weighted by Gasteiger charge is 2.22. The molecule has 0 aromatic heterocycles. The van der Waals surface area contributed by atoms with Crippen molar-refractivity contribution in [3.05, 3.63) is 0 Å². The van der Waals surface area contributed by atoms with E-state index in [1.54, 1.807) is 0 Å². The van der Waals surface area contributed by atoms with Gasteiger partial charge in [-0.2, -0.15) is 0 Å². The molecule has 4 nitrogen and oxygen atoms in total. The lowest BCUT2D eigenvalue weighted by Crippen LogP contribution is -2.43. The van der Waals surface area contributed by atoms with Gasteiger partial charge in [-0.25, -0.2) is 0 Å². The van der Waals surface area contributed by atoms with Crippen LogP contribution in [0.25, 0.3) is 0 Å². The Morgan fingerprint density at radius 1 is 1.38 bits per heavy atom. The van der Waals surface area contributed by atoms with Gasteiger partial charge in [-0.05, 0) is 25.3 Å². The van der Waals surface area contributed by atoms with E-state index in [2.05, 4.69) is 13.8 Å². The highest BCUT2D eigenvalue weighted by molar-refractivity contribution is 5.77. The minimum absolute atomic E-state index is 0.0313. The summed E-state index contributed by atoms with van der Waals surface area (Å²) in [6.07, 6.45) is 0.938. The SMILES string of the molecule is CCCOCC(=O)N(CC)CC(C)(C)CN. The van der Waals surface area contributed by atoms with Gasteiger partial charge < -0.3 is 15.4 Å². The number of amides is 1. The number of carbonyl (C=O) groups is 1. The summed E-state index contributed by atoms with van der Waals surface area (Å²) < 4.78 is 5.25. The molecule has 0 aliphatic carbocycles. The predicted molar refractivity (Wildman–Crippen MR) is 66.2 cm³/mol. The molecule has 0 heterocycles. The van der Waals surface area contributed by atoms with Crippen LogP contribution in [0, 0.1) is 5.41 Å². The van der Waals surface area contributed by atoms with Crippen LogP contribution >= 0.6 is 0 Å². The molecule has 0 spiro atoms. The van der Waals surface area contributed by atoms with Crippen LogP contribution in [0.15, 0.2) is 0 Å². The number of carbonyl (C=O) groups excluding carboxylic acids is 1. The predicted octanol–water partition coefficient (Wildman–Crippen LogP) is 1.25. The summed E-state index contributed by atoms with van der Waals surface area (Å²) in [6.45, 7) is 10.9. The maximum Gasteiger partial charge on any atom is 0.248 e. The zero-order valence-corrected chi connectivity index (χ0v) is 11.1. The number of rotatable bonds is 8. The average Bonchev–Trinajstić information content (AvgIpc) is 2.26. The van der Waals surface area contributed by atoms with Crippen molar-refractivity contribution >= 4 is 5.91 Å². The smallest absolute Gasteiger partial charge is 0.248 e. The molecule has 0 unspecified atom stereocenters. The van der Waals surface area contributed by atoms with E-state index < -0.39 is 0 Å². The Morgan fingerprint density at radius 3 is 2.44 bits per heavy atom. The van der Waals surface area contributed by atoms with E-state index in [4.69, 9.17) is 10.5 Å². The molecule has 0 saturated heterocycles. The van der Waals surface area contributed by atoms with Gasteiger partial charge >= 0.3 is 0 Å². The van der Waals surface area contributed by atoms with Crippen LogP contribution in [0.5, 0.6) is 0 Å². The fourth-order valence-electron chi connectivity index (χ4n) is 1.35. The summed E-state index contributed by atoms with van der Waals surface area (Å²) in [4.78, 5) is 13.6. The van der Waals surface area contributed by atoms with Crippen molar-refractivity contribution in [2.45, 2.75) is 34.1 Å². The van der Waals surface area contributed by atoms with Crippen LogP contribution in [0.2, 0.25) is 0 Å². The largest absolute Gasteiger partial charge is 0.372 e. The third-order valence-corrected chi connectivity index (χ3v) is 2.48. The first-order valence-electron chi connectivity index (χ1n) is 6.02. The first-order valence-corrected chi connectivity index (χ1v) is 6.02. The van der Waals surface area contributed by atoms with Crippen LogP contribution in [-0.2, 0) is 9.53 Å². The molecule has 0 saturated carbocycles. The van der Waals surface area contributed by atoms with E-state index in [1.807, 2.05) is 18.7 Å². The van der Waals surface area contributed by atoms with Crippen molar-refractivity contribution in [3.8, 4) is 0 Å². The van der Waals surface area contributed by atoms with Crippen molar-refractivity contribution in [2.75, 3.05) is 32.8 Å². The van der Waals surface area contributed by atoms with Crippen molar-refractivity contribution < 1.29 is 9.53 Å². The number of nitrogens with two attached hydrogens (primary N) is 1. The van der Waals surface area contributed by atoms with Gasteiger partial charge in [0.15, 0.2) is 0 Å². The fraction of sp³-hybridized carbons (Fsp3) is 0.917. The summed E-state index contributed by atoms with van der Waals surface area (Å²) >= 11 is 0. The van der Waals surface area contributed by atoms with E-state index in [-0.39, 0.29) is 17.9 Å². The molecule has 0 aromatic rings. The third-order valence-electron chi connectivity index (χ3n) is 2.48. The fourth-order valence-corrected chi connectivity index (χ4v) is 1.35. The van der Waals surface area contributed by atoms with Gasteiger partial charge in [0.25, 0.3) is 0 Å². The van der Waals surface area contributed by atoms with Gasteiger partial charge in [0.1, 0.15) is 6.61 Å². The highest BCUT2D eigenvalue weighted by Crippen LogP contribution is 2.14. The van der Waals surface area contributed by atoms with Crippen molar-refractivity contribution in [3.63, 3.8) is 0 Å². The molecular formula is C12H26N2O2. The molecule has 0 aliphatic rings. The number of nitrogens with zero attached hydrogens (tertiary/aromatic N) is 1. The minimum atomic E-state index is -0.0313. The number of likely N-dealkylation sites (N-methyl/N-ethyl adjacent to an activating group) is 1. The van der Waals surface area contributed by atoms with Gasteiger partial charge in [0.2, 0.25) is 5.91 Å². The molecule has 16 heavy (non-hydrogen) atoms. The van der Waals surface area contributed by atoms with Crippen LogP contribution in [-0.4, -0.2) is 43.7 Å². The number of hydrogen-bond donors (Lipinski definition) is 1. The monoisotopic (exact) mass is 230 g/mol. The molecule has 96 valence electrons. The average molecular weight is 230 g/mol. The Balaban J connectivity index is 4.11. The Bertz CT molecular complexity index is 205. The van der Waals surface area contributed by atoms with Gasteiger partial charge in [-0.15, -0.1) is 0 Å². The lowest BCUT2D eigenvalue weighted by molar-refractivity contribution is -0.137. The molecular weight excluding hydrogens is 204 g/mol. The van der Waals surface area contributed by atoms with Crippen molar-refractivity contribution in [1.82, 2.24) is 4.90 Å². The Kier molecular flexibility index (Phi) is 7.34. The van der Waals surface area contributed by atoms with Crippen molar-refractivity contribution in [1.29, 1.82) is 0 Å². The summed E-state index contributed by atoms with van der Waals surface area (Å²) in [5.74, 6) is 0.0532. The van der Waals surface area contributed by atoms with E-state index in [0.29, 0.717) is 26.2 Å². The highest BCUT2D eigenvalue weighted by atomic mass is 16.5. The molecule has 0 rings (SSSR count). The second kappa shape index (κ2) is 7.63. The molecule has 0 aromatic carbocycles. The topological polar surface area (TPSA) is 55.6 Å². The van der Waals surface area contributed by atoms with E-state index >= 15 is 0 Å². The lowest BCUT2D eigenvalue weighted by Gasteiger charge is -2.31. The molecule has 0 fully saturated rings. The Labute approximate surface area is 99.1 Å². The molecule has 0 radical (unpaired) electrons. The van der Waals surface area contributed by atoms with E-state index in [0.717, 1.165) is 6.42 Å². The van der Waals surface area contributed by atoms with Crippen molar-refractivity contribution in [2.24, 2.45) is 11.1 Å². The Morgan fingerprint density at radius 2 is 2.00 bits per heavy atom. The maximum absolute atomic E-state index is 11.8. The van der Waals surface area contributed by atoms with Gasteiger partial charge in [-0.3, -0.25) is 4.79 Å². The van der Waals surface area contributed by atoms with Crippen LogP contribution < -0.4 is 5.73 Å². The van der Waals surface area contributed by atoms with Gasteiger partial charge in [-0.1, -0.05) is 20.8 Å². The summed E-state index contributed by atoms with van der Waals surface area (Å²) in [5.41, 5.74) is 5.63. The zero-order chi connectivity index (χ0) is 12.6. The molecule has 4 heteroatoms. The van der Waals surface area contributed by atoms with Gasteiger partial charge in [0.05, 0.1) is 0 Å². The van der Waals surface area contributed by atoms with E-state index in [9.17, 15) is 4.79 Å². The van der Waals surface area contributed by atoms with Gasteiger partial charge in [0, 0.05) is 19.7 Å².